The molecular formula is C23H28Cl2N2O3. The average molecular weight is 451 g/mol. The van der Waals surface area contributed by atoms with Gasteiger partial charge in [-0.05, 0) is 41.7 Å². The maximum Gasteiger partial charge on any atom is 0.261 e. The van der Waals surface area contributed by atoms with E-state index in [1.807, 2.05) is 31.2 Å². The minimum absolute atomic E-state index is 0.177. The highest BCUT2D eigenvalue weighted by Gasteiger charge is 2.29. The monoisotopic (exact) mass is 450 g/mol. The number of benzene rings is 2. The van der Waals surface area contributed by atoms with Gasteiger partial charge in [0.05, 0.1) is 0 Å². The molecule has 1 atom stereocenters. The summed E-state index contributed by atoms with van der Waals surface area (Å²) in [6, 6.07) is 12.1. The number of halogens is 2. The third-order valence-corrected chi connectivity index (χ3v) is 5.47. The van der Waals surface area contributed by atoms with E-state index in [0.717, 1.165) is 5.56 Å². The van der Waals surface area contributed by atoms with E-state index in [4.69, 9.17) is 27.9 Å². The van der Waals surface area contributed by atoms with Gasteiger partial charge in [-0.25, -0.2) is 0 Å². The number of para-hydroxylation sites is 1. The highest BCUT2D eigenvalue weighted by molar-refractivity contribution is 6.35. The predicted octanol–water partition coefficient (Wildman–Crippen LogP) is 5.05. The van der Waals surface area contributed by atoms with Crippen molar-refractivity contribution in [2.24, 2.45) is 0 Å². The van der Waals surface area contributed by atoms with Gasteiger partial charge in [0.15, 0.2) is 6.61 Å². The quantitative estimate of drug-likeness (QED) is 0.581. The Kier molecular flexibility index (Phi) is 9.00. The Bertz CT molecular complexity index is 887. The summed E-state index contributed by atoms with van der Waals surface area (Å²) >= 11 is 12.3. The van der Waals surface area contributed by atoms with E-state index in [9.17, 15) is 9.59 Å². The number of carbonyl (C=O) groups is 2. The number of hydrogen-bond donors (Lipinski definition) is 1. The lowest BCUT2D eigenvalue weighted by Gasteiger charge is -2.30. The van der Waals surface area contributed by atoms with Gasteiger partial charge in [-0.1, -0.05) is 68.2 Å². The van der Waals surface area contributed by atoms with Crippen LogP contribution in [0.4, 0.5) is 0 Å². The van der Waals surface area contributed by atoms with Gasteiger partial charge < -0.3 is 15.0 Å². The molecule has 0 unspecified atom stereocenters. The molecule has 0 bridgehead atoms. The third-order valence-electron chi connectivity index (χ3n) is 4.88. The molecule has 7 heteroatoms. The lowest BCUT2D eigenvalue weighted by molar-refractivity contribution is -0.142. The molecule has 0 heterocycles. The number of hydrogen-bond acceptors (Lipinski definition) is 3. The molecule has 30 heavy (non-hydrogen) atoms. The van der Waals surface area contributed by atoms with E-state index < -0.39 is 6.04 Å². The fourth-order valence-electron chi connectivity index (χ4n) is 3.23. The van der Waals surface area contributed by atoms with Crippen molar-refractivity contribution < 1.29 is 14.3 Å². The van der Waals surface area contributed by atoms with Crippen LogP contribution in [0.3, 0.4) is 0 Å². The fraction of sp³-hybridized carbons (Fsp3) is 0.391. The lowest BCUT2D eigenvalue weighted by atomic mass is 10.0. The summed E-state index contributed by atoms with van der Waals surface area (Å²) in [5.41, 5.74) is 1.73. The second-order valence-corrected chi connectivity index (χ2v) is 8.12. The predicted molar refractivity (Wildman–Crippen MR) is 121 cm³/mol. The van der Waals surface area contributed by atoms with Gasteiger partial charge in [-0.2, -0.15) is 0 Å². The third kappa shape index (κ3) is 6.13. The molecule has 2 aromatic carbocycles. The highest BCUT2D eigenvalue weighted by Crippen LogP contribution is 2.27. The van der Waals surface area contributed by atoms with E-state index in [-0.39, 0.29) is 30.9 Å². The van der Waals surface area contributed by atoms with Gasteiger partial charge >= 0.3 is 0 Å². The Morgan fingerprint density at radius 3 is 2.43 bits per heavy atom. The number of nitrogens with zero attached hydrogens (tertiary/aromatic N) is 1. The summed E-state index contributed by atoms with van der Waals surface area (Å²) in [7, 11) is 1.55. The number of rotatable bonds is 9. The zero-order chi connectivity index (χ0) is 22.3. The summed E-state index contributed by atoms with van der Waals surface area (Å²) in [5, 5.41) is 3.58. The van der Waals surface area contributed by atoms with Gasteiger partial charge in [-0.3, -0.25) is 9.59 Å². The van der Waals surface area contributed by atoms with Crippen LogP contribution in [0.15, 0.2) is 42.5 Å². The van der Waals surface area contributed by atoms with E-state index in [2.05, 4.69) is 19.2 Å². The zero-order valence-corrected chi connectivity index (χ0v) is 19.3. The molecule has 0 spiro atoms. The van der Waals surface area contributed by atoms with Crippen LogP contribution in [0.2, 0.25) is 10.0 Å². The molecule has 0 aliphatic heterocycles. The van der Waals surface area contributed by atoms with Gasteiger partial charge in [0.1, 0.15) is 11.8 Å². The van der Waals surface area contributed by atoms with Crippen molar-refractivity contribution in [1.29, 1.82) is 0 Å². The van der Waals surface area contributed by atoms with Crippen LogP contribution in [0.5, 0.6) is 5.75 Å². The van der Waals surface area contributed by atoms with Crippen LogP contribution in [0.1, 0.15) is 44.2 Å². The maximum absolute atomic E-state index is 13.2. The first kappa shape index (κ1) is 24.0. The second kappa shape index (κ2) is 11.2. The topological polar surface area (TPSA) is 58.6 Å². The molecule has 0 aromatic heterocycles. The largest absolute Gasteiger partial charge is 0.483 e. The Balaban J connectivity index is 2.27. The van der Waals surface area contributed by atoms with Gasteiger partial charge in [0.2, 0.25) is 5.91 Å². The molecule has 5 nitrogen and oxygen atoms in total. The second-order valence-electron chi connectivity index (χ2n) is 7.28. The van der Waals surface area contributed by atoms with Gasteiger partial charge in [-0.15, -0.1) is 0 Å². The number of ether oxygens (including phenoxy) is 1. The van der Waals surface area contributed by atoms with E-state index in [0.29, 0.717) is 27.8 Å². The van der Waals surface area contributed by atoms with Crippen molar-refractivity contribution in [2.75, 3.05) is 13.7 Å². The van der Waals surface area contributed by atoms with E-state index in [1.54, 1.807) is 25.2 Å². The van der Waals surface area contributed by atoms with E-state index in [1.165, 1.54) is 4.90 Å². The number of carbonyl (C=O) groups excluding carboxylic acids is 2. The summed E-state index contributed by atoms with van der Waals surface area (Å²) in [6.07, 6.45) is 0.458. The molecule has 162 valence electrons. The number of amides is 2. The number of nitrogens with one attached hydrogen (secondary N) is 1. The molecular weight excluding hydrogens is 423 g/mol. The average Bonchev–Trinajstić information content (AvgIpc) is 2.73. The Hall–Kier alpha value is -2.24. The van der Waals surface area contributed by atoms with Gasteiger partial charge in [0, 0.05) is 23.6 Å². The van der Waals surface area contributed by atoms with Crippen molar-refractivity contribution in [3.8, 4) is 5.75 Å². The summed E-state index contributed by atoms with van der Waals surface area (Å²) in [4.78, 5) is 27.1. The normalized spacial score (nSPS) is 11.8. The molecule has 2 rings (SSSR count). The Morgan fingerprint density at radius 2 is 1.83 bits per heavy atom. The zero-order valence-electron chi connectivity index (χ0n) is 17.7. The summed E-state index contributed by atoms with van der Waals surface area (Å²) < 4.78 is 5.86. The first-order chi connectivity index (χ1) is 14.3. The minimum atomic E-state index is -0.641. The summed E-state index contributed by atoms with van der Waals surface area (Å²) in [5.74, 6) is 0.390. The highest BCUT2D eigenvalue weighted by atomic mass is 35.5. The smallest absolute Gasteiger partial charge is 0.261 e. The van der Waals surface area contributed by atoms with Crippen molar-refractivity contribution in [3.05, 3.63) is 63.6 Å². The van der Waals surface area contributed by atoms with Crippen molar-refractivity contribution >= 4 is 35.0 Å². The van der Waals surface area contributed by atoms with Crippen LogP contribution in [-0.2, 0) is 16.1 Å². The fourth-order valence-corrected chi connectivity index (χ4v) is 3.70. The first-order valence-corrected chi connectivity index (χ1v) is 10.7. The lowest BCUT2D eigenvalue weighted by Crippen LogP contribution is -2.49. The Labute approximate surface area is 188 Å². The SMILES string of the molecule is CC[C@@H](C(=O)NC)N(Cc1ccc(Cl)cc1Cl)C(=O)COc1ccccc1C(C)C. The van der Waals surface area contributed by atoms with Crippen LogP contribution in [-0.4, -0.2) is 36.4 Å². The molecule has 0 aliphatic carbocycles. The maximum atomic E-state index is 13.2. The minimum Gasteiger partial charge on any atom is -0.483 e. The van der Waals surface area contributed by atoms with Crippen molar-refractivity contribution in [1.82, 2.24) is 10.2 Å². The van der Waals surface area contributed by atoms with Crippen LogP contribution in [0.25, 0.3) is 0 Å². The molecule has 0 saturated carbocycles. The molecule has 0 fully saturated rings. The Morgan fingerprint density at radius 1 is 1.13 bits per heavy atom. The first-order valence-electron chi connectivity index (χ1n) is 9.95. The molecule has 1 N–H and O–H groups in total. The molecule has 2 amide bonds. The van der Waals surface area contributed by atoms with Gasteiger partial charge in [0.25, 0.3) is 5.91 Å². The summed E-state index contributed by atoms with van der Waals surface area (Å²) in [6.45, 7) is 5.99. The molecule has 0 radical (unpaired) electrons. The molecule has 0 aliphatic rings. The molecule has 2 aromatic rings. The van der Waals surface area contributed by atoms with Crippen LogP contribution >= 0.6 is 23.2 Å². The van der Waals surface area contributed by atoms with E-state index >= 15 is 0 Å². The number of likely N-dealkylation sites (N-methyl/N-ethyl adjacent to an activating group) is 1. The van der Waals surface area contributed by atoms with Crippen LogP contribution in [0, 0.1) is 0 Å². The van der Waals surface area contributed by atoms with Crippen molar-refractivity contribution in [3.63, 3.8) is 0 Å². The van der Waals surface area contributed by atoms with Crippen molar-refractivity contribution in [2.45, 2.75) is 45.7 Å². The molecule has 0 saturated heterocycles. The van der Waals surface area contributed by atoms with Crippen LogP contribution < -0.4 is 10.1 Å². The standard InChI is InChI=1S/C23H28Cl2N2O3/c1-5-20(23(29)26-4)27(13-16-10-11-17(24)12-19(16)25)22(28)14-30-21-9-7-6-8-18(21)15(2)3/h6-12,15,20H,5,13-14H2,1-4H3,(H,26,29)/t20-/m0/s1.